The molecule has 2 aromatic rings. The molecule has 0 unspecified atom stereocenters. The monoisotopic (exact) mass is 235 g/mol. The van der Waals surface area contributed by atoms with Crippen molar-refractivity contribution in [2.24, 2.45) is 0 Å². The van der Waals surface area contributed by atoms with Crippen LogP contribution in [0.25, 0.3) is 11.1 Å². The van der Waals surface area contributed by atoms with Gasteiger partial charge in [-0.25, -0.2) is 4.39 Å². The molecule has 0 N–H and O–H groups in total. The molecule has 2 rings (SSSR count). The second-order valence-corrected chi connectivity index (χ2v) is 3.65. The van der Waals surface area contributed by atoms with Gasteiger partial charge in [0.05, 0.1) is 12.1 Å². The number of methoxy groups -OCH3 is 1. The lowest BCUT2D eigenvalue weighted by Crippen LogP contribution is -1.88. The molecular weight excluding hydrogens is 227 g/mol. The lowest BCUT2D eigenvalue weighted by molar-refractivity contribution is 0.415. The summed E-state index contributed by atoms with van der Waals surface area (Å²) in [6.45, 7) is 0. The van der Waals surface area contributed by atoms with E-state index in [1.165, 1.54) is 12.1 Å². The van der Waals surface area contributed by atoms with Gasteiger partial charge in [-0.15, -0.1) is 0 Å². The van der Waals surface area contributed by atoms with Crippen LogP contribution in [0.5, 0.6) is 5.75 Å². The summed E-state index contributed by atoms with van der Waals surface area (Å²) in [6, 6.07) is 13.0. The van der Waals surface area contributed by atoms with Gasteiger partial charge < -0.3 is 4.74 Å². The molecular formula is C13H9ClFO. The van der Waals surface area contributed by atoms with E-state index < -0.39 is 5.82 Å². The van der Waals surface area contributed by atoms with E-state index in [-0.39, 0.29) is 5.02 Å². The molecule has 0 spiro atoms. The minimum atomic E-state index is -0.440. The Balaban J connectivity index is 2.54. The first-order chi connectivity index (χ1) is 7.72. The van der Waals surface area contributed by atoms with Crippen LogP contribution in [0, 0.1) is 11.9 Å². The van der Waals surface area contributed by atoms with E-state index in [2.05, 4.69) is 6.07 Å². The molecule has 16 heavy (non-hydrogen) atoms. The molecule has 1 radical (unpaired) electrons. The van der Waals surface area contributed by atoms with Crippen molar-refractivity contribution in [2.75, 3.05) is 7.11 Å². The first-order valence-electron chi connectivity index (χ1n) is 4.72. The van der Waals surface area contributed by atoms with E-state index >= 15 is 0 Å². The van der Waals surface area contributed by atoms with Crippen molar-refractivity contribution in [3.8, 4) is 16.9 Å². The van der Waals surface area contributed by atoms with Gasteiger partial charge in [0.2, 0.25) is 0 Å². The van der Waals surface area contributed by atoms with Crippen molar-refractivity contribution in [1.29, 1.82) is 0 Å². The Bertz CT molecular complexity index is 511. The number of rotatable bonds is 2. The molecule has 0 saturated heterocycles. The number of hydrogen-bond donors (Lipinski definition) is 0. The minimum Gasteiger partial charge on any atom is -0.495 e. The van der Waals surface area contributed by atoms with Crippen LogP contribution in [-0.4, -0.2) is 7.11 Å². The first kappa shape index (κ1) is 11.0. The smallest absolute Gasteiger partial charge is 0.142 e. The van der Waals surface area contributed by atoms with Gasteiger partial charge in [0.15, 0.2) is 0 Å². The largest absolute Gasteiger partial charge is 0.495 e. The fraction of sp³-hybridized carbons (Fsp3) is 0.0769. The molecule has 0 amide bonds. The van der Waals surface area contributed by atoms with Gasteiger partial charge >= 0.3 is 0 Å². The molecule has 0 saturated carbocycles. The standard InChI is InChI=1S/C13H9ClFO/c1-16-13-5-3-2-4-10(13)9-6-7-11(14)12(15)8-9/h2-4,6-8H,1H3. The van der Waals surface area contributed by atoms with Crippen LogP contribution in [0.15, 0.2) is 36.4 Å². The Hall–Kier alpha value is -1.54. The van der Waals surface area contributed by atoms with Crippen molar-refractivity contribution in [2.45, 2.75) is 0 Å². The average molecular weight is 236 g/mol. The minimum absolute atomic E-state index is 0.114. The van der Waals surface area contributed by atoms with E-state index in [4.69, 9.17) is 16.3 Å². The third-order valence-corrected chi connectivity index (χ3v) is 2.56. The van der Waals surface area contributed by atoms with Crippen LogP contribution in [0.4, 0.5) is 4.39 Å². The van der Waals surface area contributed by atoms with Gasteiger partial charge in [-0.1, -0.05) is 35.9 Å². The fourth-order valence-electron chi connectivity index (χ4n) is 1.48. The summed E-state index contributed by atoms with van der Waals surface area (Å²) in [5.41, 5.74) is 1.51. The Kier molecular flexibility index (Phi) is 3.11. The lowest BCUT2D eigenvalue weighted by atomic mass is 10.0. The SMILES string of the molecule is COc1[c]cccc1-c1ccc(Cl)c(F)c1. The average Bonchev–Trinajstić information content (AvgIpc) is 2.32. The molecule has 0 bridgehead atoms. The number of hydrogen-bond acceptors (Lipinski definition) is 1. The van der Waals surface area contributed by atoms with Gasteiger partial charge in [-0.2, -0.15) is 0 Å². The highest BCUT2D eigenvalue weighted by Crippen LogP contribution is 2.30. The summed E-state index contributed by atoms with van der Waals surface area (Å²) in [5, 5.41) is 0.114. The van der Waals surface area contributed by atoms with Gasteiger partial charge in [0.25, 0.3) is 0 Å². The van der Waals surface area contributed by atoms with Crippen LogP contribution >= 0.6 is 11.6 Å². The molecule has 0 aliphatic heterocycles. The maximum atomic E-state index is 13.3. The zero-order valence-electron chi connectivity index (χ0n) is 8.63. The summed E-state index contributed by atoms with van der Waals surface area (Å²) >= 11 is 5.63. The topological polar surface area (TPSA) is 9.23 Å². The quantitative estimate of drug-likeness (QED) is 0.766. The zero-order chi connectivity index (χ0) is 11.5. The maximum absolute atomic E-state index is 13.3. The molecule has 81 valence electrons. The van der Waals surface area contributed by atoms with Crippen LogP contribution < -0.4 is 4.74 Å². The predicted octanol–water partition coefficient (Wildman–Crippen LogP) is 3.95. The highest BCUT2D eigenvalue weighted by atomic mass is 35.5. The van der Waals surface area contributed by atoms with Crippen molar-refractivity contribution < 1.29 is 9.13 Å². The first-order valence-corrected chi connectivity index (χ1v) is 5.10. The summed E-state index contributed by atoms with van der Waals surface area (Å²) in [4.78, 5) is 0. The van der Waals surface area contributed by atoms with E-state index in [0.717, 1.165) is 11.1 Å². The molecule has 0 atom stereocenters. The van der Waals surface area contributed by atoms with E-state index in [1.807, 2.05) is 12.1 Å². The van der Waals surface area contributed by atoms with Crippen molar-refractivity contribution in [3.63, 3.8) is 0 Å². The summed E-state index contributed by atoms with van der Waals surface area (Å²) in [5.74, 6) is 0.147. The highest BCUT2D eigenvalue weighted by Gasteiger charge is 2.07. The molecule has 0 aliphatic rings. The van der Waals surface area contributed by atoms with E-state index in [9.17, 15) is 4.39 Å². The van der Waals surface area contributed by atoms with Gasteiger partial charge in [-0.3, -0.25) is 0 Å². The van der Waals surface area contributed by atoms with Gasteiger partial charge in [0.1, 0.15) is 11.6 Å². The summed E-state index contributed by atoms with van der Waals surface area (Å²) in [7, 11) is 1.56. The normalized spacial score (nSPS) is 10.2. The molecule has 0 aliphatic carbocycles. The van der Waals surface area contributed by atoms with Crippen molar-refractivity contribution in [1.82, 2.24) is 0 Å². The van der Waals surface area contributed by atoms with E-state index in [0.29, 0.717) is 5.75 Å². The predicted molar refractivity (Wildman–Crippen MR) is 62.2 cm³/mol. The van der Waals surface area contributed by atoms with Gasteiger partial charge in [-0.05, 0) is 17.7 Å². The molecule has 3 heteroatoms. The molecule has 1 nitrogen and oxygen atoms in total. The maximum Gasteiger partial charge on any atom is 0.142 e. The second-order valence-electron chi connectivity index (χ2n) is 3.25. The third-order valence-electron chi connectivity index (χ3n) is 2.25. The number of benzene rings is 2. The van der Waals surface area contributed by atoms with Gasteiger partial charge in [0, 0.05) is 11.6 Å². The lowest BCUT2D eigenvalue weighted by Gasteiger charge is -2.08. The Labute approximate surface area is 98.4 Å². The van der Waals surface area contributed by atoms with E-state index in [1.54, 1.807) is 19.2 Å². The molecule has 2 aromatic carbocycles. The molecule has 0 fully saturated rings. The number of para-hydroxylation sites is 1. The van der Waals surface area contributed by atoms with Crippen LogP contribution in [0.1, 0.15) is 0 Å². The second kappa shape index (κ2) is 4.54. The highest BCUT2D eigenvalue weighted by molar-refractivity contribution is 6.30. The van der Waals surface area contributed by atoms with Crippen LogP contribution in [-0.2, 0) is 0 Å². The zero-order valence-corrected chi connectivity index (χ0v) is 9.38. The summed E-state index contributed by atoms with van der Waals surface area (Å²) in [6.07, 6.45) is 0. The molecule has 0 heterocycles. The summed E-state index contributed by atoms with van der Waals surface area (Å²) < 4.78 is 18.5. The van der Waals surface area contributed by atoms with Crippen LogP contribution in [0.3, 0.4) is 0 Å². The molecule has 0 aromatic heterocycles. The Morgan fingerprint density at radius 2 is 2.12 bits per heavy atom. The van der Waals surface area contributed by atoms with Crippen LogP contribution in [0.2, 0.25) is 5.02 Å². The fourth-order valence-corrected chi connectivity index (χ4v) is 1.60. The van der Waals surface area contributed by atoms with Crippen molar-refractivity contribution >= 4 is 11.6 Å². The Morgan fingerprint density at radius 1 is 1.31 bits per heavy atom. The third kappa shape index (κ3) is 2.02. The number of ether oxygens (including phenoxy) is 1. The van der Waals surface area contributed by atoms with Crippen molar-refractivity contribution in [3.05, 3.63) is 53.3 Å². The Morgan fingerprint density at radius 3 is 2.81 bits per heavy atom. The number of halogens is 2.